The van der Waals surface area contributed by atoms with E-state index >= 15 is 0 Å². The van der Waals surface area contributed by atoms with Gasteiger partial charge in [0.05, 0.1) is 5.41 Å². The lowest BCUT2D eigenvalue weighted by molar-refractivity contribution is -0.142. The number of hydrogen-bond acceptors (Lipinski definition) is 3. The third kappa shape index (κ3) is 2.01. The number of Topliss-reactive ketones (excluding diaryl/α,β-unsaturated/α-hetero) is 2. The highest BCUT2D eigenvalue weighted by atomic mass is 32.2. The summed E-state index contributed by atoms with van der Waals surface area (Å²) in [7, 11) is 0. The summed E-state index contributed by atoms with van der Waals surface area (Å²) in [6.07, 6.45) is 7.26. The SMILES string of the molecule is CC1C(=O)CCC[C@]12C(=O)[C@H]1C3(CC3)CC[C@@]1(C)[C@H]2Sc1ccccc1. The molecule has 4 aliphatic rings. The second kappa shape index (κ2) is 5.47. The van der Waals surface area contributed by atoms with Crippen LogP contribution in [0.15, 0.2) is 35.2 Å². The van der Waals surface area contributed by atoms with Crippen LogP contribution < -0.4 is 0 Å². The van der Waals surface area contributed by atoms with Crippen molar-refractivity contribution in [3.63, 3.8) is 0 Å². The van der Waals surface area contributed by atoms with Crippen molar-refractivity contribution in [1.29, 1.82) is 0 Å². The molecule has 4 saturated carbocycles. The minimum atomic E-state index is -0.439. The molecule has 1 aromatic rings. The van der Waals surface area contributed by atoms with Gasteiger partial charge in [-0.2, -0.15) is 0 Å². The normalized spacial score (nSPS) is 43.2. The molecule has 0 aromatic heterocycles. The van der Waals surface area contributed by atoms with Crippen LogP contribution >= 0.6 is 11.8 Å². The molecule has 0 heterocycles. The summed E-state index contributed by atoms with van der Waals surface area (Å²) >= 11 is 1.90. The van der Waals surface area contributed by atoms with Crippen molar-refractivity contribution >= 4 is 23.3 Å². The molecule has 5 rings (SSSR count). The quantitative estimate of drug-likeness (QED) is 0.710. The number of carbonyl (C=O) groups is 2. The summed E-state index contributed by atoms with van der Waals surface area (Å²) in [6.45, 7) is 4.44. The van der Waals surface area contributed by atoms with Crippen molar-refractivity contribution in [2.75, 3.05) is 0 Å². The van der Waals surface area contributed by atoms with Crippen molar-refractivity contribution in [3.8, 4) is 0 Å². The first kappa shape index (κ1) is 17.0. The Morgan fingerprint density at radius 1 is 1.00 bits per heavy atom. The molecule has 138 valence electrons. The molecule has 0 radical (unpaired) electrons. The van der Waals surface area contributed by atoms with Crippen LogP contribution in [0.4, 0.5) is 0 Å². The average molecular weight is 369 g/mol. The monoisotopic (exact) mass is 368 g/mol. The minimum absolute atomic E-state index is 0.0416. The van der Waals surface area contributed by atoms with E-state index in [9.17, 15) is 9.59 Å². The van der Waals surface area contributed by atoms with Gasteiger partial charge in [-0.05, 0) is 61.5 Å². The summed E-state index contributed by atoms with van der Waals surface area (Å²) in [4.78, 5) is 28.0. The first-order valence-corrected chi connectivity index (χ1v) is 11.1. The Morgan fingerprint density at radius 2 is 1.69 bits per heavy atom. The van der Waals surface area contributed by atoms with Crippen LogP contribution in [0.25, 0.3) is 0 Å². The molecular formula is C23H28O2S. The van der Waals surface area contributed by atoms with Crippen LogP contribution in [0.1, 0.15) is 58.8 Å². The largest absolute Gasteiger partial charge is 0.299 e. The van der Waals surface area contributed by atoms with E-state index in [1.165, 1.54) is 24.2 Å². The fourth-order valence-corrected chi connectivity index (χ4v) is 8.66. The van der Waals surface area contributed by atoms with Gasteiger partial charge in [-0.25, -0.2) is 0 Å². The molecule has 5 atom stereocenters. The maximum atomic E-state index is 14.0. The Balaban J connectivity index is 1.64. The maximum absolute atomic E-state index is 14.0. The van der Waals surface area contributed by atoms with E-state index in [0.29, 0.717) is 18.0 Å². The lowest BCUT2D eigenvalue weighted by Gasteiger charge is -2.45. The zero-order valence-electron chi connectivity index (χ0n) is 15.8. The van der Waals surface area contributed by atoms with Gasteiger partial charge in [-0.15, -0.1) is 11.8 Å². The second-order valence-electron chi connectivity index (χ2n) is 9.56. The van der Waals surface area contributed by atoms with E-state index in [1.807, 2.05) is 17.8 Å². The van der Waals surface area contributed by atoms with Crippen LogP contribution in [0.5, 0.6) is 0 Å². The number of fused-ring (bicyclic) bond motifs is 2. The van der Waals surface area contributed by atoms with Crippen LogP contribution in [0.3, 0.4) is 0 Å². The summed E-state index contributed by atoms with van der Waals surface area (Å²) < 4.78 is 0. The van der Waals surface area contributed by atoms with Gasteiger partial charge in [-0.1, -0.05) is 32.0 Å². The molecule has 4 fully saturated rings. The van der Waals surface area contributed by atoms with Crippen LogP contribution in [0, 0.1) is 28.1 Å². The van der Waals surface area contributed by atoms with E-state index in [0.717, 1.165) is 19.3 Å². The molecule has 3 heteroatoms. The first-order chi connectivity index (χ1) is 12.4. The zero-order valence-corrected chi connectivity index (χ0v) is 16.6. The fraction of sp³-hybridized carbons (Fsp3) is 0.652. The van der Waals surface area contributed by atoms with Gasteiger partial charge in [0, 0.05) is 28.4 Å². The van der Waals surface area contributed by atoms with Crippen molar-refractivity contribution in [2.45, 2.75) is 68.9 Å². The molecular weight excluding hydrogens is 340 g/mol. The molecule has 0 N–H and O–H groups in total. The van der Waals surface area contributed by atoms with E-state index in [1.54, 1.807) is 0 Å². The van der Waals surface area contributed by atoms with Gasteiger partial charge in [0.2, 0.25) is 0 Å². The molecule has 1 unspecified atom stereocenters. The summed E-state index contributed by atoms with van der Waals surface area (Å²) in [5.74, 6) is 0.841. The minimum Gasteiger partial charge on any atom is -0.299 e. The third-order valence-electron chi connectivity index (χ3n) is 8.38. The number of rotatable bonds is 2. The molecule has 0 saturated heterocycles. The predicted molar refractivity (Wildman–Crippen MR) is 104 cm³/mol. The number of carbonyl (C=O) groups excluding carboxylic acids is 2. The fourth-order valence-electron chi connectivity index (χ4n) is 6.90. The number of thioether (sulfide) groups is 1. The first-order valence-electron chi connectivity index (χ1n) is 10.2. The van der Waals surface area contributed by atoms with Crippen LogP contribution in [-0.4, -0.2) is 16.8 Å². The Hall–Kier alpha value is -1.09. The van der Waals surface area contributed by atoms with Crippen LogP contribution in [-0.2, 0) is 9.59 Å². The second-order valence-corrected chi connectivity index (χ2v) is 10.7. The van der Waals surface area contributed by atoms with Crippen molar-refractivity contribution < 1.29 is 9.59 Å². The highest BCUT2D eigenvalue weighted by molar-refractivity contribution is 8.00. The molecule has 0 bridgehead atoms. The Morgan fingerprint density at radius 3 is 2.38 bits per heavy atom. The summed E-state index contributed by atoms with van der Waals surface area (Å²) in [5.41, 5.74) is -0.115. The molecule has 0 aliphatic heterocycles. The average Bonchev–Trinajstić information content (AvgIpc) is 3.31. The van der Waals surface area contributed by atoms with Gasteiger partial charge in [0.15, 0.2) is 0 Å². The molecule has 0 amide bonds. The molecule has 2 nitrogen and oxygen atoms in total. The van der Waals surface area contributed by atoms with E-state index in [-0.39, 0.29) is 27.9 Å². The maximum Gasteiger partial charge on any atom is 0.145 e. The van der Waals surface area contributed by atoms with Gasteiger partial charge in [0.1, 0.15) is 11.6 Å². The van der Waals surface area contributed by atoms with E-state index in [2.05, 4.69) is 38.1 Å². The predicted octanol–water partition coefficient (Wildman–Crippen LogP) is 5.30. The van der Waals surface area contributed by atoms with Crippen molar-refractivity contribution in [2.24, 2.45) is 28.1 Å². The molecule has 26 heavy (non-hydrogen) atoms. The van der Waals surface area contributed by atoms with Gasteiger partial charge in [0.25, 0.3) is 0 Å². The third-order valence-corrected chi connectivity index (χ3v) is 10.1. The molecule has 4 aliphatic carbocycles. The zero-order chi connectivity index (χ0) is 18.2. The van der Waals surface area contributed by atoms with Gasteiger partial charge in [-0.3, -0.25) is 9.59 Å². The lowest BCUT2D eigenvalue weighted by atomic mass is 9.62. The highest BCUT2D eigenvalue weighted by Crippen LogP contribution is 2.77. The Kier molecular flexibility index (Phi) is 3.58. The molecule has 1 aromatic carbocycles. The standard InChI is InChI=1S/C23H28O2S/c1-15-17(24)9-6-10-23(15)19(25)18-21(2,11-12-22(18)13-14-22)20(23)26-16-7-4-3-5-8-16/h3-5,7-8,15,18,20H,6,9-14H2,1-2H3/t15?,18-,20-,21-,23-/m1/s1. The van der Waals surface area contributed by atoms with Crippen LogP contribution in [0.2, 0.25) is 0 Å². The number of hydrogen-bond donors (Lipinski definition) is 0. The smallest absolute Gasteiger partial charge is 0.145 e. The van der Waals surface area contributed by atoms with E-state index < -0.39 is 5.41 Å². The Bertz CT molecular complexity index is 768. The van der Waals surface area contributed by atoms with Gasteiger partial charge < -0.3 is 0 Å². The number of benzene rings is 1. The number of ketones is 2. The summed E-state index contributed by atoms with van der Waals surface area (Å²) in [6, 6.07) is 10.5. The Labute approximate surface area is 160 Å². The van der Waals surface area contributed by atoms with Crippen molar-refractivity contribution in [3.05, 3.63) is 30.3 Å². The lowest BCUT2D eigenvalue weighted by Crippen LogP contribution is -2.49. The van der Waals surface area contributed by atoms with Gasteiger partial charge >= 0.3 is 0 Å². The van der Waals surface area contributed by atoms with E-state index in [4.69, 9.17) is 0 Å². The molecule has 2 spiro atoms. The topological polar surface area (TPSA) is 34.1 Å². The summed E-state index contributed by atoms with van der Waals surface area (Å²) in [5, 5.41) is 0.231. The van der Waals surface area contributed by atoms with Crippen molar-refractivity contribution in [1.82, 2.24) is 0 Å². The highest BCUT2D eigenvalue weighted by Gasteiger charge is 2.76.